The van der Waals surface area contributed by atoms with Gasteiger partial charge in [0.25, 0.3) is 0 Å². The molecule has 2 rings (SSSR count). The van der Waals surface area contributed by atoms with Crippen LogP contribution in [-0.2, 0) is 11.3 Å². The highest BCUT2D eigenvalue weighted by molar-refractivity contribution is 5.27. The minimum Gasteiger partial charge on any atom is -0.381 e. The van der Waals surface area contributed by atoms with Crippen LogP contribution < -0.4 is 5.73 Å². The lowest BCUT2D eigenvalue weighted by atomic mass is 9.96. The summed E-state index contributed by atoms with van der Waals surface area (Å²) in [5.41, 5.74) is 9.02. The van der Waals surface area contributed by atoms with Gasteiger partial charge >= 0.3 is 0 Å². The summed E-state index contributed by atoms with van der Waals surface area (Å²) in [5.74, 6) is 0.502. The Morgan fingerprint density at radius 1 is 1.57 bits per heavy atom. The number of pyridine rings is 1. The lowest BCUT2D eigenvalue weighted by Gasteiger charge is -2.12. The Morgan fingerprint density at radius 3 is 3.07 bits per heavy atom. The molecule has 1 aromatic rings. The van der Waals surface area contributed by atoms with Crippen molar-refractivity contribution in [3.8, 4) is 0 Å². The maximum atomic E-state index is 5.68. The number of aromatic nitrogens is 1. The van der Waals surface area contributed by atoms with E-state index in [9.17, 15) is 0 Å². The summed E-state index contributed by atoms with van der Waals surface area (Å²) in [6, 6.07) is 4.19. The maximum absolute atomic E-state index is 5.68. The van der Waals surface area contributed by atoms with E-state index in [0.29, 0.717) is 12.5 Å². The van der Waals surface area contributed by atoms with Crippen LogP contribution in [0.5, 0.6) is 0 Å². The lowest BCUT2D eigenvalue weighted by molar-refractivity contribution is 0.193. The fourth-order valence-electron chi connectivity index (χ4n) is 1.94. The zero-order valence-electron chi connectivity index (χ0n) is 8.49. The molecule has 1 aliphatic heterocycles. The van der Waals surface area contributed by atoms with Gasteiger partial charge in [0, 0.05) is 24.8 Å². The predicted molar refractivity (Wildman–Crippen MR) is 55.0 cm³/mol. The molecule has 1 aliphatic rings. The highest BCUT2D eigenvalue weighted by Gasteiger charge is 2.20. The van der Waals surface area contributed by atoms with Gasteiger partial charge in [-0.2, -0.15) is 0 Å². The standard InChI is InChI=1S/C11H16N2O/c1-8-2-3-10(11(6-12)13-8)9-4-5-14-7-9/h2-3,9H,4-7,12H2,1H3. The van der Waals surface area contributed by atoms with E-state index in [0.717, 1.165) is 31.0 Å². The van der Waals surface area contributed by atoms with Gasteiger partial charge in [0.1, 0.15) is 0 Å². The molecule has 1 fully saturated rings. The summed E-state index contributed by atoms with van der Waals surface area (Å²) >= 11 is 0. The number of ether oxygens (including phenoxy) is 1. The maximum Gasteiger partial charge on any atom is 0.0578 e. The minimum atomic E-state index is 0.502. The molecule has 1 saturated heterocycles. The first-order valence-electron chi connectivity index (χ1n) is 5.05. The highest BCUT2D eigenvalue weighted by Crippen LogP contribution is 2.27. The number of rotatable bonds is 2. The fraction of sp³-hybridized carbons (Fsp3) is 0.545. The van der Waals surface area contributed by atoms with Crippen LogP contribution in [0, 0.1) is 6.92 Å². The van der Waals surface area contributed by atoms with Crippen LogP contribution in [0.2, 0.25) is 0 Å². The first kappa shape index (κ1) is 9.62. The van der Waals surface area contributed by atoms with Crippen LogP contribution in [-0.4, -0.2) is 18.2 Å². The number of hydrogen-bond donors (Lipinski definition) is 1. The lowest BCUT2D eigenvalue weighted by Crippen LogP contribution is -2.09. The van der Waals surface area contributed by atoms with Gasteiger partial charge in [-0.15, -0.1) is 0 Å². The van der Waals surface area contributed by atoms with Gasteiger partial charge < -0.3 is 10.5 Å². The number of aryl methyl sites for hydroxylation is 1. The molecule has 1 aromatic heterocycles. The summed E-state index contributed by atoms with van der Waals surface area (Å²) in [6.07, 6.45) is 1.09. The largest absolute Gasteiger partial charge is 0.381 e. The zero-order valence-corrected chi connectivity index (χ0v) is 8.49. The van der Waals surface area contributed by atoms with Crippen LogP contribution in [0.1, 0.15) is 29.3 Å². The molecular formula is C11H16N2O. The Morgan fingerprint density at radius 2 is 2.43 bits per heavy atom. The third kappa shape index (κ3) is 1.79. The second-order valence-corrected chi connectivity index (χ2v) is 3.75. The van der Waals surface area contributed by atoms with Crippen molar-refractivity contribution in [2.45, 2.75) is 25.8 Å². The second-order valence-electron chi connectivity index (χ2n) is 3.75. The minimum absolute atomic E-state index is 0.502. The Labute approximate surface area is 84.3 Å². The average Bonchev–Trinajstić information content (AvgIpc) is 2.70. The topological polar surface area (TPSA) is 48.1 Å². The van der Waals surface area contributed by atoms with Crippen LogP contribution in [0.4, 0.5) is 0 Å². The van der Waals surface area contributed by atoms with Gasteiger partial charge in [-0.25, -0.2) is 0 Å². The number of hydrogen-bond acceptors (Lipinski definition) is 3. The molecule has 1 atom stereocenters. The summed E-state index contributed by atoms with van der Waals surface area (Å²) in [7, 11) is 0. The molecule has 1 unspecified atom stereocenters. The van der Waals surface area contributed by atoms with Gasteiger partial charge in [-0.05, 0) is 25.0 Å². The van der Waals surface area contributed by atoms with Gasteiger partial charge in [0.05, 0.1) is 12.3 Å². The smallest absolute Gasteiger partial charge is 0.0578 e. The molecule has 2 N–H and O–H groups in total. The van der Waals surface area contributed by atoms with E-state index < -0.39 is 0 Å². The predicted octanol–water partition coefficient (Wildman–Crippen LogP) is 1.35. The van der Waals surface area contributed by atoms with Crippen molar-refractivity contribution in [1.82, 2.24) is 4.98 Å². The van der Waals surface area contributed by atoms with Crippen molar-refractivity contribution < 1.29 is 4.74 Å². The van der Waals surface area contributed by atoms with E-state index in [1.54, 1.807) is 0 Å². The van der Waals surface area contributed by atoms with Gasteiger partial charge in [0.2, 0.25) is 0 Å². The number of nitrogens with zero attached hydrogens (tertiary/aromatic N) is 1. The molecule has 0 spiro atoms. The van der Waals surface area contributed by atoms with Crippen molar-refractivity contribution in [3.63, 3.8) is 0 Å². The van der Waals surface area contributed by atoms with E-state index in [-0.39, 0.29) is 0 Å². The summed E-state index contributed by atoms with van der Waals surface area (Å²) in [4.78, 5) is 4.46. The van der Waals surface area contributed by atoms with Crippen LogP contribution >= 0.6 is 0 Å². The van der Waals surface area contributed by atoms with E-state index in [1.807, 2.05) is 13.0 Å². The fourth-order valence-corrected chi connectivity index (χ4v) is 1.94. The number of nitrogens with two attached hydrogens (primary N) is 1. The van der Waals surface area contributed by atoms with Crippen LogP contribution in [0.3, 0.4) is 0 Å². The molecule has 76 valence electrons. The summed E-state index contributed by atoms with van der Waals surface area (Å²) in [6.45, 7) is 4.20. The van der Waals surface area contributed by atoms with Gasteiger partial charge in [0.15, 0.2) is 0 Å². The molecule has 3 nitrogen and oxygen atoms in total. The Hall–Kier alpha value is -0.930. The Bertz CT molecular complexity index is 319. The first-order valence-corrected chi connectivity index (χ1v) is 5.05. The molecule has 0 aliphatic carbocycles. The molecule has 2 heterocycles. The van der Waals surface area contributed by atoms with Gasteiger partial charge in [-0.1, -0.05) is 6.07 Å². The quantitative estimate of drug-likeness (QED) is 0.769. The monoisotopic (exact) mass is 192 g/mol. The summed E-state index contributed by atoms with van der Waals surface area (Å²) < 4.78 is 5.37. The van der Waals surface area contributed by atoms with Crippen molar-refractivity contribution in [1.29, 1.82) is 0 Å². The summed E-state index contributed by atoms with van der Waals surface area (Å²) in [5, 5.41) is 0. The molecule has 14 heavy (non-hydrogen) atoms. The zero-order chi connectivity index (χ0) is 9.97. The van der Waals surface area contributed by atoms with Crippen molar-refractivity contribution in [2.24, 2.45) is 5.73 Å². The molecule has 0 amide bonds. The third-order valence-corrected chi connectivity index (χ3v) is 2.71. The molecule has 0 saturated carbocycles. The highest BCUT2D eigenvalue weighted by atomic mass is 16.5. The van der Waals surface area contributed by atoms with E-state index in [1.165, 1.54) is 5.56 Å². The van der Waals surface area contributed by atoms with E-state index >= 15 is 0 Å². The molecule has 3 heteroatoms. The average molecular weight is 192 g/mol. The van der Waals surface area contributed by atoms with Crippen molar-refractivity contribution >= 4 is 0 Å². The molecule has 0 radical (unpaired) electrons. The van der Waals surface area contributed by atoms with Crippen molar-refractivity contribution in [3.05, 3.63) is 29.1 Å². The third-order valence-electron chi connectivity index (χ3n) is 2.71. The molecule has 0 bridgehead atoms. The normalized spacial score (nSPS) is 21.4. The Balaban J connectivity index is 2.31. The van der Waals surface area contributed by atoms with E-state index in [4.69, 9.17) is 10.5 Å². The van der Waals surface area contributed by atoms with Gasteiger partial charge in [-0.3, -0.25) is 4.98 Å². The second kappa shape index (κ2) is 4.07. The molecule has 0 aromatic carbocycles. The van der Waals surface area contributed by atoms with Crippen LogP contribution in [0.25, 0.3) is 0 Å². The van der Waals surface area contributed by atoms with E-state index in [2.05, 4.69) is 11.1 Å². The SMILES string of the molecule is Cc1ccc(C2CCOC2)c(CN)n1. The van der Waals surface area contributed by atoms with Crippen molar-refractivity contribution in [2.75, 3.05) is 13.2 Å². The Kier molecular flexibility index (Phi) is 2.79. The first-order chi connectivity index (χ1) is 6.81. The van der Waals surface area contributed by atoms with Crippen LogP contribution in [0.15, 0.2) is 12.1 Å². The molecular weight excluding hydrogens is 176 g/mol.